The standard InChI is InChI=1S/C86H141NO8/c1-6-8-10-12-14-16-18-20-22-24-26-28-30-32-34-36-37-38-39-40-41-42-43-44-45-46-47-49-51-53-55-57-59-61-63-65-67-69-71-73-75-77-84(89)95-82(81-94-86(85(90)91)92-79-78-87(3,4)5)80-93-83(88)76-74-72-70-68-66-64-62-60-58-56-54-52-50-48-35-33-31-29-27-25-23-21-19-17-15-13-11-9-7-2/h8,10,14,16,19-22,25-28,32,34,37-38,40-41,43-44,46-47,51,53,57,59,63,65,82,86H,6-7,9,11-13,15,17-18,23-24,29-31,33,35-36,39,42,45,48-50,52,54-56,58,60-62,64,66-81H2,1-5H3/p+1/b10-8-,16-14-,21-19-,22-20-,27-25-,28-26-,34-32-,38-37-,41-40-,44-43-,47-46-,53-51-,59-57-,65-63-. The molecule has 0 aliphatic carbocycles. The van der Waals surface area contributed by atoms with Crippen LogP contribution in [-0.4, -0.2) is 87.4 Å². The first-order valence-electron chi connectivity index (χ1n) is 38.3. The second-order valence-corrected chi connectivity index (χ2v) is 26.2. The highest BCUT2D eigenvalue weighted by molar-refractivity contribution is 5.71. The summed E-state index contributed by atoms with van der Waals surface area (Å²) in [6, 6.07) is 0. The van der Waals surface area contributed by atoms with Crippen LogP contribution in [0.5, 0.6) is 0 Å². The van der Waals surface area contributed by atoms with Gasteiger partial charge < -0.3 is 28.5 Å². The van der Waals surface area contributed by atoms with Gasteiger partial charge in [0.15, 0.2) is 6.10 Å². The molecular formula is C86H142NO8+. The van der Waals surface area contributed by atoms with Crippen molar-refractivity contribution in [3.8, 4) is 0 Å². The molecule has 9 nitrogen and oxygen atoms in total. The number of likely N-dealkylation sites (N-methyl/N-ethyl adjacent to an activating group) is 1. The van der Waals surface area contributed by atoms with E-state index in [1.165, 1.54) is 135 Å². The summed E-state index contributed by atoms with van der Waals surface area (Å²) < 4.78 is 23.0. The normalized spacial score (nSPS) is 13.7. The lowest BCUT2D eigenvalue weighted by molar-refractivity contribution is -0.870. The largest absolute Gasteiger partial charge is 0.477 e. The van der Waals surface area contributed by atoms with Gasteiger partial charge in [-0.05, 0) is 135 Å². The number of rotatable bonds is 69. The number of quaternary nitrogens is 1. The van der Waals surface area contributed by atoms with E-state index in [1.54, 1.807) is 0 Å². The number of allylic oxidation sites excluding steroid dienone is 28. The number of esters is 2. The molecule has 538 valence electrons. The minimum Gasteiger partial charge on any atom is -0.477 e. The van der Waals surface area contributed by atoms with E-state index in [2.05, 4.69) is 184 Å². The van der Waals surface area contributed by atoms with Gasteiger partial charge in [-0.3, -0.25) is 9.59 Å². The van der Waals surface area contributed by atoms with Gasteiger partial charge in [0.05, 0.1) is 34.4 Å². The van der Waals surface area contributed by atoms with Crippen LogP contribution in [-0.2, 0) is 33.3 Å². The molecule has 0 aromatic carbocycles. The van der Waals surface area contributed by atoms with E-state index >= 15 is 0 Å². The molecule has 0 amide bonds. The van der Waals surface area contributed by atoms with Crippen LogP contribution in [0.4, 0.5) is 0 Å². The van der Waals surface area contributed by atoms with Crippen molar-refractivity contribution in [2.45, 2.75) is 309 Å². The monoisotopic (exact) mass is 1320 g/mol. The van der Waals surface area contributed by atoms with Gasteiger partial charge in [0.1, 0.15) is 13.2 Å². The molecule has 95 heavy (non-hydrogen) atoms. The topological polar surface area (TPSA) is 108 Å². The summed E-state index contributed by atoms with van der Waals surface area (Å²) in [5.41, 5.74) is 0. The van der Waals surface area contributed by atoms with E-state index in [0.717, 1.165) is 128 Å². The quantitative estimate of drug-likeness (QED) is 0.0211. The second kappa shape index (κ2) is 74.4. The van der Waals surface area contributed by atoms with Crippen molar-refractivity contribution in [3.05, 3.63) is 170 Å². The molecular weight excluding hydrogens is 1170 g/mol. The Bertz CT molecular complexity index is 2170. The Kier molecular flexibility index (Phi) is 70.2. The number of carbonyl (C=O) groups is 3. The van der Waals surface area contributed by atoms with Gasteiger partial charge in [-0.15, -0.1) is 0 Å². The summed E-state index contributed by atoms with van der Waals surface area (Å²) in [5.74, 6) is -2.05. The summed E-state index contributed by atoms with van der Waals surface area (Å²) in [4.78, 5) is 37.7. The number of hydrogen-bond donors (Lipinski definition) is 1. The van der Waals surface area contributed by atoms with Crippen LogP contribution < -0.4 is 0 Å². The van der Waals surface area contributed by atoms with Gasteiger partial charge >= 0.3 is 17.9 Å². The Hall–Kier alpha value is -5.35. The summed E-state index contributed by atoms with van der Waals surface area (Å²) in [7, 11) is 5.96. The maximum atomic E-state index is 13.0. The molecule has 1 N–H and O–H groups in total. The van der Waals surface area contributed by atoms with Crippen LogP contribution in [0.25, 0.3) is 0 Å². The molecule has 0 aromatic heterocycles. The molecule has 0 bridgehead atoms. The lowest BCUT2D eigenvalue weighted by Gasteiger charge is -2.25. The zero-order valence-electron chi connectivity index (χ0n) is 61.5. The molecule has 0 rings (SSSR count). The van der Waals surface area contributed by atoms with Gasteiger partial charge in [0, 0.05) is 12.8 Å². The third kappa shape index (κ3) is 75.9. The molecule has 0 aliphatic heterocycles. The van der Waals surface area contributed by atoms with E-state index in [9.17, 15) is 19.5 Å². The van der Waals surface area contributed by atoms with Crippen molar-refractivity contribution in [1.82, 2.24) is 0 Å². The predicted molar refractivity (Wildman–Crippen MR) is 410 cm³/mol. The maximum Gasteiger partial charge on any atom is 0.361 e. The second-order valence-electron chi connectivity index (χ2n) is 26.2. The fraction of sp³-hybridized carbons (Fsp3) is 0.640. The lowest BCUT2D eigenvalue weighted by Crippen LogP contribution is -2.40. The summed E-state index contributed by atoms with van der Waals surface area (Å²) in [6.45, 7) is 4.73. The molecule has 0 saturated carbocycles. The molecule has 9 heteroatoms. The van der Waals surface area contributed by atoms with Crippen molar-refractivity contribution in [2.24, 2.45) is 0 Å². The first-order chi connectivity index (χ1) is 46.6. The first kappa shape index (κ1) is 89.6. The van der Waals surface area contributed by atoms with Crippen molar-refractivity contribution in [2.75, 3.05) is 47.5 Å². The van der Waals surface area contributed by atoms with Gasteiger partial charge in [0.25, 0.3) is 6.29 Å². The number of hydrogen-bond acceptors (Lipinski definition) is 7. The predicted octanol–water partition coefficient (Wildman–Crippen LogP) is 24.6. The Balaban J connectivity index is 4.19. The molecule has 2 unspecified atom stereocenters. The third-order valence-corrected chi connectivity index (χ3v) is 16.0. The van der Waals surface area contributed by atoms with Gasteiger partial charge in [-0.1, -0.05) is 319 Å². The first-order valence-corrected chi connectivity index (χ1v) is 38.3. The highest BCUT2D eigenvalue weighted by atomic mass is 16.7. The zero-order chi connectivity index (χ0) is 69.0. The van der Waals surface area contributed by atoms with E-state index in [1.807, 2.05) is 21.1 Å². The maximum absolute atomic E-state index is 13.0. The molecule has 0 radical (unpaired) electrons. The molecule has 2 atom stereocenters. The molecule has 0 aromatic rings. The van der Waals surface area contributed by atoms with E-state index in [0.29, 0.717) is 17.4 Å². The number of carboxylic acid groups (broad SMARTS) is 1. The molecule has 0 heterocycles. The van der Waals surface area contributed by atoms with Gasteiger partial charge in [0.2, 0.25) is 0 Å². The zero-order valence-corrected chi connectivity index (χ0v) is 61.5. The van der Waals surface area contributed by atoms with E-state index < -0.39 is 24.3 Å². The highest BCUT2D eigenvalue weighted by Crippen LogP contribution is 2.17. The van der Waals surface area contributed by atoms with Gasteiger partial charge in [-0.2, -0.15) is 0 Å². The third-order valence-electron chi connectivity index (χ3n) is 16.0. The van der Waals surface area contributed by atoms with Crippen LogP contribution in [0.1, 0.15) is 296 Å². The minimum atomic E-state index is -1.53. The number of carbonyl (C=O) groups excluding carboxylic acids is 2. The fourth-order valence-electron chi connectivity index (χ4n) is 10.1. The van der Waals surface area contributed by atoms with Crippen molar-refractivity contribution in [1.29, 1.82) is 0 Å². The fourth-order valence-corrected chi connectivity index (χ4v) is 10.1. The molecule has 0 spiro atoms. The van der Waals surface area contributed by atoms with Crippen LogP contribution in [0.15, 0.2) is 170 Å². The Morgan fingerprint density at radius 2 is 0.600 bits per heavy atom. The summed E-state index contributed by atoms with van der Waals surface area (Å²) >= 11 is 0. The van der Waals surface area contributed by atoms with Crippen molar-refractivity contribution >= 4 is 17.9 Å². The lowest BCUT2D eigenvalue weighted by atomic mass is 10.0. The minimum absolute atomic E-state index is 0.175. The summed E-state index contributed by atoms with van der Waals surface area (Å²) in [6.07, 6.45) is 109. The number of unbranched alkanes of at least 4 members (excludes halogenated alkanes) is 26. The van der Waals surface area contributed by atoms with Crippen LogP contribution in [0.3, 0.4) is 0 Å². The van der Waals surface area contributed by atoms with Crippen molar-refractivity contribution < 1.29 is 42.9 Å². The highest BCUT2D eigenvalue weighted by Gasteiger charge is 2.25. The van der Waals surface area contributed by atoms with E-state index in [4.69, 9.17) is 18.9 Å². The number of ether oxygens (including phenoxy) is 4. The SMILES string of the molecule is CC/C=C\C/C=C\C/C=C\C/C=C\C/C=C\C/C=C\C/C=C\C/C=C\C/C=C\C/C=C\C/C=C\C/C=C\CCCCCCC(=O)OC(COC(=O)CCCCCCCCCCCCCCCCCCC/C=C\C/C=C\CCCCCCC)COC(OCC[N+](C)(C)C)C(=O)O. The Morgan fingerprint density at radius 3 is 0.895 bits per heavy atom. The Morgan fingerprint density at radius 1 is 0.326 bits per heavy atom. The van der Waals surface area contributed by atoms with Crippen LogP contribution in [0.2, 0.25) is 0 Å². The van der Waals surface area contributed by atoms with Crippen molar-refractivity contribution in [3.63, 3.8) is 0 Å². The van der Waals surface area contributed by atoms with E-state index in [-0.39, 0.29) is 38.6 Å². The number of aliphatic carboxylic acids is 1. The molecule has 0 saturated heterocycles. The average molecular weight is 1320 g/mol. The molecule has 0 aliphatic rings. The van der Waals surface area contributed by atoms with Crippen LogP contribution >= 0.6 is 0 Å². The average Bonchev–Trinajstić information content (AvgIpc) is 3.54. The summed E-state index contributed by atoms with van der Waals surface area (Å²) in [5, 5.41) is 9.76. The van der Waals surface area contributed by atoms with Gasteiger partial charge in [-0.25, -0.2) is 4.79 Å². The smallest absolute Gasteiger partial charge is 0.361 e. The Labute approximate surface area is 584 Å². The number of carboxylic acids is 1. The van der Waals surface area contributed by atoms with Crippen LogP contribution in [0, 0.1) is 0 Å². The molecule has 0 fully saturated rings. The number of nitrogens with zero attached hydrogens (tertiary/aromatic N) is 1.